The zero-order valence-electron chi connectivity index (χ0n) is 18.3. The molecule has 3 fully saturated rings. The van der Waals surface area contributed by atoms with Gasteiger partial charge in [0.1, 0.15) is 6.10 Å². The van der Waals surface area contributed by atoms with Gasteiger partial charge in [-0.2, -0.15) is 0 Å². The largest absolute Gasteiger partial charge is 0.473 e. The molecule has 0 spiro atoms. The molecular formula is C21H31N3O7S. The summed E-state index contributed by atoms with van der Waals surface area (Å²) in [4.78, 5) is 21.2. The number of hydrogen-bond acceptors (Lipinski definition) is 8. The first-order valence-electron chi connectivity index (χ1n) is 11.2. The lowest BCUT2D eigenvalue weighted by molar-refractivity contribution is -0.0804. The summed E-state index contributed by atoms with van der Waals surface area (Å²) in [5.41, 5.74) is 0. The highest BCUT2D eigenvalue weighted by atomic mass is 32.2. The quantitative estimate of drug-likeness (QED) is 0.666. The molecule has 10 nitrogen and oxygen atoms in total. The van der Waals surface area contributed by atoms with Crippen LogP contribution in [-0.4, -0.2) is 84.9 Å². The van der Waals surface area contributed by atoms with Gasteiger partial charge in [-0.15, -0.1) is 0 Å². The molecule has 3 aliphatic rings. The predicted octanol–water partition coefficient (Wildman–Crippen LogP) is 2.13. The van der Waals surface area contributed by atoms with Crippen molar-refractivity contribution in [2.75, 3.05) is 26.0 Å². The summed E-state index contributed by atoms with van der Waals surface area (Å²) in [6.07, 6.45) is 8.67. The number of rotatable bonds is 6. The highest BCUT2D eigenvalue weighted by molar-refractivity contribution is 7.90. The maximum absolute atomic E-state index is 11.7. The van der Waals surface area contributed by atoms with Crippen molar-refractivity contribution in [1.29, 1.82) is 0 Å². The number of ether oxygens (including phenoxy) is 3. The molecule has 1 N–H and O–H groups in total. The standard InChI is InChI=1S/C21H31N3O7S/c1-32(27,28)20-12-22-19(11-23-20)31-16-4-2-15(3-5-16)30-17-6-8-24(21(25)26)18(10-17)14-7-9-29-13-14/h11-12,14-18H,2-10,13H2,1H3,(H,25,26). The van der Waals surface area contributed by atoms with Crippen LogP contribution in [0.3, 0.4) is 0 Å². The Labute approximate surface area is 188 Å². The molecule has 2 aliphatic heterocycles. The van der Waals surface area contributed by atoms with Crippen molar-refractivity contribution in [1.82, 2.24) is 14.9 Å². The SMILES string of the molecule is CS(=O)(=O)c1cnc(OC2CCC(OC3CCN(C(=O)O)C(C4CCOC4)C3)CC2)cn1. The van der Waals surface area contributed by atoms with Crippen molar-refractivity contribution < 1.29 is 32.5 Å². The van der Waals surface area contributed by atoms with Gasteiger partial charge >= 0.3 is 6.09 Å². The number of carboxylic acid groups (broad SMARTS) is 1. The summed E-state index contributed by atoms with van der Waals surface area (Å²) in [6, 6.07) is -0.0399. The number of nitrogens with zero attached hydrogens (tertiary/aromatic N) is 3. The molecule has 3 unspecified atom stereocenters. The zero-order valence-corrected chi connectivity index (χ0v) is 19.1. The number of hydrogen-bond donors (Lipinski definition) is 1. The van der Waals surface area contributed by atoms with Crippen LogP contribution in [0.2, 0.25) is 0 Å². The molecule has 0 bridgehead atoms. The van der Waals surface area contributed by atoms with Crippen LogP contribution in [0, 0.1) is 5.92 Å². The van der Waals surface area contributed by atoms with Crippen molar-refractivity contribution >= 4 is 15.9 Å². The fourth-order valence-electron chi connectivity index (χ4n) is 4.91. The highest BCUT2D eigenvalue weighted by Crippen LogP contribution is 2.33. The van der Waals surface area contributed by atoms with E-state index in [1.165, 1.54) is 12.4 Å². The number of carbonyl (C=O) groups is 1. The number of piperidine rings is 1. The molecule has 1 aromatic rings. The lowest BCUT2D eigenvalue weighted by atomic mass is 9.88. The van der Waals surface area contributed by atoms with E-state index in [9.17, 15) is 18.3 Å². The van der Waals surface area contributed by atoms with E-state index in [-0.39, 0.29) is 35.3 Å². The van der Waals surface area contributed by atoms with Crippen molar-refractivity contribution in [2.45, 2.75) is 74.3 Å². The van der Waals surface area contributed by atoms with Crippen LogP contribution in [0.5, 0.6) is 5.88 Å². The van der Waals surface area contributed by atoms with Gasteiger partial charge in [0, 0.05) is 31.4 Å². The molecule has 3 heterocycles. The molecule has 1 amide bonds. The molecule has 178 valence electrons. The minimum Gasteiger partial charge on any atom is -0.473 e. The van der Waals surface area contributed by atoms with Gasteiger partial charge in [0.05, 0.1) is 31.2 Å². The third-order valence-corrected chi connectivity index (χ3v) is 7.60. The number of likely N-dealkylation sites (tertiary alicyclic amines) is 1. The summed E-state index contributed by atoms with van der Waals surface area (Å²) >= 11 is 0. The van der Waals surface area contributed by atoms with E-state index < -0.39 is 15.9 Å². The Morgan fingerprint density at radius 3 is 2.44 bits per heavy atom. The fourth-order valence-corrected chi connectivity index (χ4v) is 5.40. The zero-order chi connectivity index (χ0) is 22.7. The molecular weight excluding hydrogens is 438 g/mol. The molecule has 1 aliphatic carbocycles. The molecule has 0 radical (unpaired) electrons. The van der Waals surface area contributed by atoms with Crippen LogP contribution < -0.4 is 4.74 Å². The molecule has 4 rings (SSSR count). The lowest BCUT2D eigenvalue weighted by Crippen LogP contribution is -2.51. The maximum atomic E-state index is 11.7. The molecule has 1 saturated carbocycles. The summed E-state index contributed by atoms with van der Waals surface area (Å²) in [5, 5.41) is 9.50. The van der Waals surface area contributed by atoms with Gasteiger partial charge in [-0.3, -0.25) is 0 Å². The molecule has 3 atom stereocenters. The van der Waals surface area contributed by atoms with Crippen molar-refractivity contribution in [3.63, 3.8) is 0 Å². The van der Waals surface area contributed by atoms with E-state index in [4.69, 9.17) is 14.2 Å². The van der Waals surface area contributed by atoms with Gasteiger partial charge in [-0.25, -0.2) is 23.2 Å². The van der Waals surface area contributed by atoms with E-state index in [1.807, 2.05) is 0 Å². The van der Waals surface area contributed by atoms with Gasteiger partial charge in [-0.05, 0) is 44.9 Å². The van der Waals surface area contributed by atoms with E-state index in [0.717, 1.165) is 51.2 Å². The Morgan fingerprint density at radius 2 is 1.84 bits per heavy atom. The third-order valence-electron chi connectivity index (χ3n) is 6.63. The Bertz CT molecular complexity index is 881. The lowest BCUT2D eigenvalue weighted by Gasteiger charge is -2.42. The highest BCUT2D eigenvalue weighted by Gasteiger charge is 2.39. The van der Waals surface area contributed by atoms with Crippen LogP contribution >= 0.6 is 0 Å². The minimum atomic E-state index is -3.38. The molecule has 1 aromatic heterocycles. The van der Waals surface area contributed by atoms with Gasteiger partial charge in [0.15, 0.2) is 14.9 Å². The topological polar surface area (TPSA) is 128 Å². The van der Waals surface area contributed by atoms with Gasteiger partial charge < -0.3 is 24.2 Å². The average molecular weight is 470 g/mol. The first kappa shape index (κ1) is 23.2. The summed E-state index contributed by atoms with van der Waals surface area (Å²) in [7, 11) is -3.38. The van der Waals surface area contributed by atoms with Crippen LogP contribution in [0.15, 0.2) is 17.4 Å². The summed E-state index contributed by atoms with van der Waals surface area (Å²) < 4.78 is 40.7. The molecule has 0 aromatic carbocycles. The maximum Gasteiger partial charge on any atom is 0.407 e. The average Bonchev–Trinajstić information content (AvgIpc) is 3.30. The predicted molar refractivity (Wildman–Crippen MR) is 113 cm³/mol. The Hall–Kier alpha value is -1.98. The first-order chi connectivity index (χ1) is 15.3. The van der Waals surface area contributed by atoms with Gasteiger partial charge in [-0.1, -0.05) is 0 Å². The van der Waals surface area contributed by atoms with E-state index in [0.29, 0.717) is 25.6 Å². The van der Waals surface area contributed by atoms with Gasteiger partial charge in [0.2, 0.25) is 5.88 Å². The molecule has 32 heavy (non-hydrogen) atoms. The second-order valence-electron chi connectivity index (χ2n) is 8.93. The number of amides is 1. The summed E-state index contributed by atoms with van der Waals surface area (Å²) in [6.45, 7) is 1.82. The smallest absolute Gasteiger partial charge is 0.407 e. The Balaban J connectivity index is 1.25. The monoisotopic (exact) mass is 469 g/mol. The van der Waals surface area contributed by atoms with E-state index in [2.05, 4.69) is 9.97 Å². The van der Waals surface area contributed by atoms with Crippen molar-refractivity contribution in [3.05, 3.63) is 12.4 Å². The van der Waals surface area contributed by atoms with Crippen molar-refractivity contribution in [3.8, 4) is 5.88 Å². The Kier molecular flexibility index (Phi) is 7.16. The van der Waals surface area contributed by atoms with Gasteiger partial charge in [0.25, 0.3) is 0 Å². The van der Waals surface area contributed by atoms with Crippen LogP contribution in [0.1, 0.15) is 44.9 Å². The second kappa shape index (κ2) is 9.88. The molecule has 2 saturated heterocycles. The number of sulfone groups is 1. The van der Waals surface area contributed by atoms with Crippen LogP contribution in [-0.2, 0) is 19.3 Å². The van der Waals surface area contributed by atoms with Crippen LogP contribution in [0.4, 0.5) is 4.79 Å². The normalized spacial score (nSPS) is 31.4. The third kappa shape index (κ3) is 5.68. The first-order valence-corrected chi connectivity index (χ1v) is 13.1. The summed E-state index contributed by atoms with van der Waals surface area (Å²) in [5.74, 6) is 0.571. The van der Waals surface area contributed by atoms with E-state index >= 15 is 0 Å². The van der Waals surface area contributed by atoms with E-state index in [1.54, 1.807) is 4.90 Å². The second-order valence-corrected chi connectivity index (χ2v) is 10.9. The molecule has 11 heteroatoms. The fraction of sp³-hybridized carbons (Fsp3) is 0.762. The Morgan fingerprint density at radius 1 is 1.09 bits per heavy atom. The minimum absolute atomic E-state index is 0.00882. The van der Waals surface area contributed by atoms with Crippen LogP contribution in [0.25, 0.3) is 0 Å². The van der Waals surface area contributed by atoms with Crippen molar-refractivity contribution in [2.24, 2.45) is 5.92 Å². The number of aromatic nitrogens is 2.